The zero-order valence-electron chi connectivity index (χ0n) is 10.9. The first kappa shape index (κ1) is 14.5. The van der Waals surface area contributed by atoms with Gasteiger partial charge < -0.3 is 10.4 Å². The van der Waals surface area contributed by atoms with E-state index in [1.54, 1.807) is 12.1 Å². The van der Waals surface area contributed by atoms with Crippen molar-refractivity contribution in [2.45, 2.75) is 45.1 Å². The van der Waals surface area contributed by atoms with Crippen LogP contribution < -0.4 is 5.32 Å². The molecule has 0 radical (unpaired) electrons. The quantitative estimate of drug-likeness (QED) is 0.779. The van der Waals surface area contributed by atoms with Crippen LogP contribution in [-0.4, -0.2) is 16.6 Å². The van der Waals surface area contributed by atoms with Crippen LogP contribution in [0.1, 0.15) is 39.5 Å². The Morgan fingerprint density at radius 3 is 2.67 bits per heavy atom. The van der Waals surface area contributed by atoms with E-state index in [0.29, 0.717) is 18.5 Å². The van der Waals surface area contributed by atoms with Crippen LogP contribution >= 0.6 is 0 Å². The molecule has 1 aromatic carbocycles. The van der Waals surface area contributed by atoms with E-state index in [9.17, 15) is 14.3 Å². The van der Waals surface area contributed by atoms with Gasteiger partial charge in [-0.05, 0) is 31.0 Å². The molecule has 0 spiro atoms. The largest absolute Gasteiger partial charge is 0.480 e. The summed E-state index contributed by atoms with van der Waals surface area (Å²) in [5, 5.41) is 12.4. The second kappa shape index (κ2) is 6.38. The van der Waals surface area contributed by atoms with Gasteiger partial charge in [0.2, 0.25) is 0 Å². The average molecular weight is 253 g/mol. The van der Waals surface area contributed by atoms with Crippen molar-refractivity contribution < 1.29 is 14.3 Å². The third kappa shape index (κ3) is 3.45. The van der Waals surface area contributed by atoms with Crippen LogP contribution in [0.15, 0.2) is 24.3 Å². The molecule has 0 saturated carbocycles. The number of anilines is 1. The van der Waals surface area contributed by atoms with E-state index in [1.807, 2.05) is 13.8 Å². The van der Waals surface area contributed by atoms with Crippen molar-refractivity contribution in [2.75, 3.05) is 5.32 Å². The minimum atomic E-state index is -1.01. The van der Waals surface area contributed by atoms with Gasteiger partial charge >= 0.3 is 5.97 Å². The van der Waals surface area contributed by atoms with Crippen LogP contribution in [0.3, 0.4) is 0 Å². The fraction of sp³-hybridized carbons (Fsp3) is 0.500. The summed E-state index contributed by atoms with van der Waals surface area (Å²) in [4.78, 5) is 11.5. The molecule has 1 unspecified atom stereocenters. The Morgan fingerprint density at radius 2 is 2.17 bits per heavy atom. The minimum absolute atomic E-state index is 0.370. The zero-order valence-corrected chi connectivity index (χ0v) is 10.9. The second-order valence-corrected chi connectivity index (χ2v) is 4.48. The van der Waals surface area contributed by atoms with E-state index in [0.717, 1.165) is 12.8 Å². The Balaban J connectivity index is 2.93. The highest BCUT2D eigenvalue weighted by Gasteiger charge is 2.35. The molecule has 1 rings (SSSR count). The Labute approximate surface area is 107 Å². The van der Waals surface area contributed by atoms with E-state index in [2.05, 4.69) is 5.32 Å². The van der Waals surface area contributed by atoms with Crippen LogP contribution in [0.25, 0.3) is 0 Å². The predicted octanol–water partition coefficient (Wildman–Crippen LogP) is 3.66. The van der Waals surface area contributed by atoms with Gasteiger partial charge in [0.25, 0.3) is 0 Å². The molecular weight excluding hydrogens is 233 g/mol. The molecule has 1 atom stereocenters. The minimum Gasteiger partial charge on any atom is -0.480 e. The number of hydrogen-bond donors (Lipinski definition) is 2. The molecule has 4 heteroatoms. The molecule has 0 bridgehead atoms. The van der Waals surface area contributed by atoms with Gasteiger partial charge in [-0.2, -0.15) is 0 Å². The molecule has 18 heavy (non-hydrogen) atoms. The molecule has 100 valence electrons. The van der Waals surface area contributed by atoms with Gasteiger partial charge in [0.15, 0.2) is 0 Å². The number of aliphatic carboxylic acids is 1. The molecule has 0 heterocycles. The Bertz CT molecular complexity index is 409. The number of carboxylic acids is 1. The van der Waals surface area contributed by atoms with E-state index in [-0.39, 0.29) is 5.82 Å². The highest BCUT2D eigenvalue weighted by atomic mass is 19.1. The van der Waals surface area contributed by atoms with E-state index in [1.165, 1.54) is 12.1 Å². The molecule has 0 amide bonds. The normalized spacial score (nSPS) is 13.9. The zero-order chi connectivity index (χ0) is 13.6. The molecule has 0 aromatic heterocycles. The lowest BCUT2D eigenvalue weighted by atomic mass is 9.89. The predicted molar refractivity (Wildman–Crippen MR) is 70.2 cm³/mol. The van der Waals surface area contributed by atoms with Crippen LogP contribution in [0.2, 0.25) is 0 Å². The summed E-state index contributed by atoms with van der Waals surface area (Å²) < 4.78 is 13.1. The molecule has 1 aromatic rings. The van der Waals surface area contributed by atoms with Crippen LogP contribution in [0.5, 0.6) is 0 Å². The molecule has 0 saturated heterocycles. The standard InChI is InChI=1S/C14H20FNO2/c1-3-5-9-14(4-2,13(17)18)16-12-8-6-7-11(15)10-12/h6-8,10,16H,3-5,9H2,1-2H3,(H,17,18). The Morgan fingerprint density at radius 1 is 1.44 bits per heavy atom. The van der Waals surface area contributed by atoms with Gasteiger partial charge in [-0.15, -0.1) is 0 Å². The topological polar surface area (TPSA) is 49.3 Å². The van der Waals surface area contributed by atoms with Gasteiger partial charge in [-0.3, -0.25) is 0 Å². The maximum atomic E-state index is 13.1. The summed E-state index contributed by atoms with van der Waals surface area (Å²) in [6.45, 7) is 3.85. The monoisotopic (exact) mass is 253 g/mol. The van der Waals surface area contributed by atoms with Crippen molar-refractivity contribution in [3.63, 3.8) is 0 Å². The highest BCUT2D eigenvalue weighted by Crippen LogP contribution is 2.25. The van der Waals surface area contributed by atoms with E-state index in [4.69, 9.17) is 0 Å². The summed E-state index contributed by atoms with van der Waals surface area (Å²) >= 11 is 0. The highest BCUT2D eigenvalue weighted by molar-refractivity contribution is 5.82. The first-order chi connectivity index (χ1) is 8.54. The molecule has 0 aliphatic carbocycles. The van der Waals surface area contributed by atoms with Gasteiger partial charge in [-0.25, -0.2) is 9.18 Å². The summed E-state index contributed by atoms with van der Waals surface area (Å²) in [6.07, 6.45) is 2.74. The summed E-state index contributed by atoms with van der Waals surface area (Å²) in [5.74, 6) is -1.26. The SMILES string of the molecule is CCCCC(CC)(Nc1cccc(F)c1)C(=O)O. The fourth-order valence-electron chi connectivity index (χ4n) is 1.96. The molecule has 0 aliphatic rings. The molecular formula is C14H20FNO2. The van der Waals surface area contributed by atoms with Crippen molar-refractivity contribution in [3.8, 4) is 0 Å². The average Bonchev–Trinajstić information content (AvgIpc) is 2.34. The number of unbranched alkanes of at least 4 members (excludes halogenated alkanes) is 1. The van der Waals surface area contributed by atoms with Crippen molar-refractivity contribution in [2.24, 2.45) is 0 Å². The number of hydrogen-bond acceptors (Lipinski definition) is 2. The summed E-state index contributed by atoms with van der Waals surface area (Å²) in [7, 11) is 0. The molecule has 2 N–H and O–H groups in total. The fourth-order valence-corrected chi connectivity index (χ4v) is 1.96. The summed E-state index contributed by atoms with van der Waals surface area (Å²) in [6, 6.07) is 5.91. The van der Waals surface area contributed by atoms with Crippen LogP contribution in [0.4, 0.5) is 10.1 Å². The number of benzene rings is 1. The van der Waals surface area contributed by atoms with E-state index >= 15 is 0 Å². The maximum Gasteiger partial charge on any atom is 0.329 e. The first-order valence-corrected chi connectivity index (χ1v) is 6.31. The summed E-state index contributed by atoms with van der Waals surface area (Å²) in [5.41, 5.74) is -0.501. The van der Waals surface area contributed by atoms with E-state index < -0.39 is 11.5 Å². The Kier molecular flexibility index (Phi) is 5.13. The van der Waals surface area contributed by atoms with Crippen molar-refractivity contribution in [1.82, 2.24) is 0 Å². The molecule has 3 nitrogen and oxygen atoms in total. The Hall–Kier alpha value is -1.58. The lowest BCUT2D eigenvalue weighted by molar-refractivity contribution is -0.142. The third-order valence-electron chi connectivity index (χ3n) is 3.18. The number of nitrogens with one attached hydrogen (secondary N) is 1. The van der Waals surface area contributed by atoms with Crippen LogP contribution in [0, 0.1) is 5.82 Å². The van der Waals surface area contributed by atoms with Gasteiger partial charge in [0.1, 0.15) is 11.4 Å². The first-order valence-electron chi connectivity index (χ1n) is 6.31. The third-order valence-corrected chi connectivity index (χ3v) is 3.18. The maximum absolute atomic E-state index is 13.1. The van der Waals surface area contributed by atoms with Crippen molar-refractivity contribution in [1.29, 1.82) is 0 Å². The number of rotatable bonds is 7. The van der Waals surface area contributed by atoms with Crippen molar-refractivity contribution in [3.05, 3.63) is 30.1 Å². The number of carbonyl (C=O) groups is 1. The van der Waals surface area contributed by atoms with Gasteiger partial charge in [0.05, 0.1) is 0 Å². The molecule has 0 fully saturated rings. The van der Waals surface area contributed by atoms with Gasteiger partial charge in [-0.1, -0.05) is 32.8 Å². The van der Waals surface area contributed by atoms with Gasteiger partial charge in [0, 0.05) is 5.69 Å². The number of carboxylic acid groups (broad SMARTS) is 1. The molecule has 0 aliphatic heterocycles. The number of halogens is 1. The van der Waals surface area contributed by atoms with Crippen molar-refractivity contribution >= 4 is 11.7 Å². The van der Waals surface area contributed by atoms with Crippen LogP contribution in [-0.2, 0) is 4.79 Å². The lowest BCUT2D eigenvalue weighted by Gasteiger charge is -2.30. The second-order valence-electron chi connectivity index (χ2n) is 4.48. The smallest absolute Gasteiger partial charge is 0.329 e. The lowest BCUT2D eigenvalue weighted by Crippen LogP contribution is -2.45.